The second-order valence-electron chi connectivity index (χ2n) is 8.07. The summed E-state index contributed by atoms with van der Waals surface area (Å²) in [6.45, 7) is 1.94. The number of hydrogen-bond donors (Lipinski definition) is 7. The molecule has 0 spiro atoms. The minimum absolute atomic E-state index is 0.0728. The molecule has 0 aromatic heterocycles. The molecule has 1 saturated heterocycles. The van der Waals surface area contributed by atoms with Crippen molar-refractivity contribution in [2.45, 2.75) is 101 Å². The highest BCUT2D eigenvalue weighted by Gasteiger charge is 2.65. The molecule has 1 amide bonds. The van der Waals surface area contributed by atoms with Gasteiger partial charge in [-0.1, -0.05) is 19.3 Å². The van der Waals surface area contributed by atoms with Crippen molar-refractivity contribution in [3.63, 3.8) is 0 Å². The molecule has 1 heterocycles. The number of hydrogen-bond acceptors (Lipinski definition) is 9. The summed E-state index contributed by atoms with van der Waals surface area (Å²) >= 11 is 0. The third-order valence-electron chi connectivity index (χ3n) is 5.55. The number of halogens is 2. The standard InChI is InChI=1S/C19H34F2N2O8/c1-10(11(2)25)23-17(29)12(22)7-5-3-4-6-8-18(20,21)19(30)16(28)15(27)14(26)13(9-24)31-19/h10,12-16,24,26-28,30H,3-9,22H2,1-2H3,(H,23,29)/t10-,12-,13+,14-,15-,16+,19?/m0/s1. The second kappa shape index (κ2) is 11.5. The van der Waals surface area contributed by atoms with Gasteiger partial charge in [0.2, 0.25) is 5.91 Å². The number of ketones is 1. The van der Waals surface area contributed by atoms with Gasteiger partial charge in [0, 0.05) is 6.42 Å². The van der Waals surface area contributed by atoms with Gasteiger partial charge in [0.25, 0.3) is 5.79 Å². The van der Waals surface area contributed by atoms with Crippen LogP contribution in [0.4, 0.5) is 8.78 Å². The van der Waals surface area contributed by atoms with Crippen LogP contribution in [0, 0.1) is 0 Å². The maximum absolute atomic E-state index is 14.6. The number of rotatable bonds is 12. The van der Waals surface area contributed by atoms with E-state index in [1.165, 1.54) is 13.8 Å². The number of ether oxygens (including phenoxy) is 1. The summed E-state index contributed by atoms with van der Waals surface area (Å²) in [4.78, 5) is 23.0. The van der Waals surface area contributed by atoms with Crippen molar-refractivity contribution in [3.8, 4) is 0 Å². The highest BCUT2D eigenvalue weighted by molar-refractivity contribution is 5.89. The lowest BCUT2D eigenvalue weighted by Gasteiger charge is -2.48. The molecule has 7 atom stereocenters. The molecule has 0 saturated carbocycles. The monoisotopic (exact) mass is 456 g/mol. The summed E-state index contributed by atoms with van der Waals surface area (Å²) in [5.41, 5.74) is 5.74. The zero-order valence-corrected chi connectivity index (χ0v) is 17.7. The average Bonchev–Trinajstić information content (AvgIpc) is 2.70. The van der Waals surface area contributed by atoms with Gasteiger partial charge in [-0.15, -0.1) is 0 Å². The number of nitrogens with one attached hydrogen (secondary N) is 1. The molecule has 0 bridgehead atoms. The van der Waals surface area contributed by atoms with Gasteiger partial charge < -0.3 is 41.3 Å². The molecule has 0 radical (unpaired) electrons. The van der Waals surface area contributed by atoms with Crippen LogP contribution in [0.5, 0.6) is 0 Å². The fourth-order valence-corrected chi connectivity index (χ4v) is 3.25. The van der Waals surface area contributed by atoms with Crippen molar-refractivity contribution in [1.82, 2.24) is 5.32 Å². The summed E-state index contributed by atoms with van der Waals surface area (Å²) in [5, 5.41) is 51.0. The van der Waals surface area contributed by atoms with Crippen LogP contribution in [0.15, 0.2) is 0 Å². The third-order valence-corrected chi connectivity index (χ3v) is 5.55. The number of aliphatic hydroxyl groups is 5. The molecule has 8 N–H and O–H groups in total. The van der Waals surface area contributed by atoms with Crippen LogP contribution in [0.3, 0.4) is 0 Å². The minimum Gasteiger partial charge on any atom is -0.394 e. The molecule has 0 aliphatic carbocycles. The number of carbonyl (C=O) groups excluding carboxylic acids is 2. The SMILES string of the molecule is CC(=O)[C@H](C)NC(=O)[C@@H](N)CCCCCCC(F)(F)C1(O)O[C@H](CO)[C@H](O)[C@H](O)[C@H]1O. The van der Waals surface area contributed by atoms with Gasteiger partial charge in [0.15, 0.2) is 5.78 Å². The van der Waals surface area contributed by atoms with Gasteiger partial charge >= 0.3 is 5.92 Å². The predicted octanol–water partition coefficient (Wildman–Crippen LogP) is -1.45. The fraction of sp³-hybridized carbons (Fsp3) is 0.895. The van der Waals surface area contributed by atoms with Gasteiger partial charge in [-0.3, -0.25) is 9.59 Å². The Labute approximate surface area is 179 Å². The quantitative estimate of drug-likeness (QED) is 0.173. The van der Waals surface area contributed by atoms with Crippen LogP contribution in [0.2, 0.25) is 0 Å². The predicted molar refractivity (Wildman–Crippen MR) is 104 cm³/mol. The summed E-state index contributed by atoms with van der Waals surface area (Å²) in [6.07, 6.45) is -7.56. The number of carbonyl (C=O) groups is 2. The Morgan fingerprint density at radius 1 is 1.16 bits per heavy atom. The number of alkyl halides is 2. The van der Waals surface area contributed by atoms with E-state index < -0.39 is 67.1 Å². The molecule has 182 valence electrons. The van der Waals surface area contributed by atoms with E-state index >= 15 is 0 Å². The maximum atomic E-state index is 14.6. The average molecular weight is 456 g/mol. The summed E-state index contributed by atoms with van der Waals surface area (Å²) in [7, 11) is 0. The van der Waals surface area contributed by atoms with Crippen LogP contribution in [-0.4, -0.2) is 92.0 Å². The first-order valence-corrected chi connectivity index (χ1v) is 10.3. The smallest absolute Gasteiger partial charge is 0.303 e. The van der Waals surface area contributed by atoms with Crippen LogP contribution in [-0.2, 0) is 14.3 Å². The Hall–Kier alpha value is -1.28. The van der Waals surface area contributed by atoms with Crippen LogP contribution in [0.1, 0.15) is 52.4 Å². The van der Waals surface area contributed by atoms with Gasteiger partial charge in [-0.25, -0.2) is 8.78 Å². The highest BCUT2D eigenvalue weighted by atomic mass is 19.3. The van der Waals surface area contributed by atoms with E-state index in [0.29, 0.717) is 25.7 Å². The van der Waals surface area contributed by atoms with Crippen molar-refractivity contribution in [3.05, 3.63) is 0 Å². The number of unbranched alkanes of at least 4 members (excludes halogenated alkanes) is 3. The summed E-state index contributed by atoms with van der Waals surface area (Å²) in [5.74, 6) is -8.12. The number of nitrogens with two attached hydrogens (primary N) is 1. The fourth-order valence-electron chi connectivity index (χ4n) is 3.25. The van der Waals surface area contributed by atoms with E-state index in [2.05, 4.69) is 10.1 Å². The van der Waals surface area contributed by atoms with Crippen molar-refractivity contribution in [2.24, 2.45) is 5.73 Å². The molecule has 1 aliphatic heterocycles. The van der Waals surface area contributed by atoms with Gasteiger partial charge in [0.05, 0.1) is 18.7 Å². The molecule has 1 rings (SSSR count). The first kappa shape index (κ1) is 27.8. The van der Waals surface area contributed by atoms with E-state index in [-0.39, 0.29) is 12.2 Å². The van der Waals surface area contributed by atoms with Crippen molar-refractivity contribution < 1.29 is 48.6 Å². The van der Waals surface area contributed by atoms with Crippen LogP contribution in [0.25, 0.3) is 0 Å². The van der Waals surface area contributed by atoms with Gasteiger partial charge in [0.1, 0.15) is 24.4 Å². The van der Waals surface area contributed by atoms with E-state index in [1.807, 2.05) is 0 Å². The summed E-state index contributed by atoms with van der Waals surface area (Å²) < 4.78 is 33.8. The molecule has 12 heteroatoms. The lowest BCUT2D eigenvalue weighted by atomic mass is 9.87. The molecular weight excluding hydrogens is 422 g/mol. The Morgan fingerprint density at radius 3 is 2.29 bits per heavy atom. The van der Waals surface area contributed by atoms with Gasteiger partial charge in [-0.2, -0.15) is 0 Å². The van der Waals surface area contributed by atoms with E-state index in [9.17, 15) is 38.8 Å². The zero-order chi connectivity index (χ0) is 24.0. The Morgan fingerprint density at radius 2 is 1.74 bits per heavy atom. The molecule has 1 aliphatic rings. The first-order valence-electron chi connectivity index (χ1n) is 10.3. The zero-order valence-electron chi connectivity index (χ0n) is 17.7. The van der Waals surface area contributed by atoms with Crippen molar-refractivity contribution in [2.75, 3.05) is 6.61 Å². The van der Waals surface area contributed by atoms with E-state index in [0.717, 1.165) is 0 Å². The van der Waals surface area contributed by atoms with E-state index in [4.69, 9.17) is 10.8 Å². The molecule has 10 nitrogen and oxygen atoms in total. The number of amides is 1. The van der Waals surface area contributed by atoms with E-state index in [1.54, 1.807) is 0 Å². The maximum Gasteiger partial charge on any atom is 0.303 e. The van der Waals surface area contributed by atoms with Crippen LogP contribution < -0.4 is 11.1 Å². The number of aliphatic hydroxyl groups excluding tert-OH is 4. The van der Waals surface area contributed by atoms with Crippen molar-refractivity contribution in [1.29, 1.82) is 0 Å². The molecule has 1 fully saturated rings. The van der Waals surface area contributed by atoms with Crippen molar-refractivity contribution >= 4 is 11.7 Å². The first-order chi connectivity index (χ1) is 14.3. The molecule has 1 unspecified atom stereocenters. The molecule has 31 heavy (non-hydrogen) atoms. The topological polar surface area (TPSA) is 183 Å². The third kappa shape index (κ3) is 6.85. The van der Waals surface area contributed by atoms with Gasteiger partial charge in [-0.05, 0) is 26.7 Å². The van der Waals surface area contributed by atoms with Crippen LogP contribution >= 0.6 is 0 Å². The molecule has 0 aromatic rings. The number of Topliss-reactive ketones (excluding diaryl/α,β-unsaturated/α-hetero) is 1. The largest absolute Gasteiger partial charge is 0.394 e. The lowest BCUT2D eigenvalue weighted by molar-refractivity contribution is -0.412. The highest BCUT2D eigenvalue weighted by Crippen LogP contribution is 2.42. The second-order valence-corrected chi connectivity index (χ2v) is 8.07. The minimum atomic E-state index is -3.97. The lowest BCUT2D eigenvalue weighted by Crippen LogP contribution is -2.71. The Kier molecular flexibility index (Phi) is 10.3. The Bertz CT molecular complexity index is 609. The summed E-state index contributed by atoms with van der Waals surface area (Å²) in [6, 6.07) is -1.48. The molecular formula is C19H34F2N2O8. The Balaban J connectivity index is 2.45. The molecule has 0 aromatic carbocycles. The normalized spacial score (nSPS) is 31.2.